The van der Waals surface area contributed by atoms with Crippen molar-refractivity contribution >= 4 is 43.6 Å². The second-order valence-corrected chi connectivity index (χ2v) is 11.6. The minimum atomic E-state index is 0.649. The van der Waals surface area contributed by atoms with Gasteiger partial charge in [-0.2, -0.15) is 5.26 Å². The molecule has 7 aromatic carbocycles. The fourth-order valence-corrected chi connectivity index (χ4v) is 7.21. The third kappa shape index (κ3) is 3.84. The van der Waals surface area contributed by atoms with Gasteiger partial charge in [-0.25, -0.2) is 0 Å². The molecule has 0 amide bonds. The molecule has 0 fully saturated rings. The Balaban J connectivity index is 1.30. The van der Waals surface area contributed by atoms with Crippen LogP contribution in [0.15, 0.2) is 164 Å². The summed E-state index contributed by atoms with van der Waals surface area (Å²) in [4.78, 5) is 0. The normalized spacial score (nSPS) is 11.5. The Morgan fingerprint density at radius 3 is 1.46 bits per heavy atom. The van der Waals surface area contributed by atoms with Gasteiger partial charge in [0.15, 0.2) is 0 Å². The lowest BCUT2D eigenvalue weighted by Crippen LogP contribution is -1.98. The summed E-state index contributed by atoms with van der Waals surface area (Å²) in [5.74, 6) is 0. The van der Waals surface area contributed by atoms with E-state index in [1.165, 1.54) is 38.3 Å². The third-order valence-corrected chi connectivity index (χ3v) is 9.19. The number of rotatable bonds is 4. The maximum atomic E-state index is 10.0. The van der Waals surface area contributed by atoms with E-state index in [1.807, 2.05) is 24.3 Å². The van der Waals surface area contributed by atoms with Gasteiger partial charge in [0.1, 0.15) is 6.07 Å². The molecule has 0 aliphatic carbocycles. The fourth-order valence-electron chi connectivity index (χ4n) is 7.21. The maximum absolute atomic E-state index is 10.0. The molecule has 0 atom stereocenters. The Morgan fingerprint density at radius 2 is 0.826 bits per heavy atom. The smallest absolute Gasteiger partial charge is 0.101 e. The first-order valence-corrected chi connectivity index (χ1v) is 15.5. The zero-order valence-electron chi connectivity index (χ0n) is 24.9. The van der Waals surface area contributed by atoms with Crippen LogP contribution < -0.4 is 0 Å². The summed E-state index contributed by atoms with van der Waals surface area (Å²) < 4.78 is 4.64. The van der Waals surface area contributed by atoms with E-state index < -0.39 is 0 Å². The first-order valence-electron chi connectivity index (χ1n) is 15.5. The van der Waals surface area contributed by atoms with E-state index in [0.717, 1.165) is 38.9 Å². The number of para-hydroxylation sites is 5. The topological polar surface area (TPSA) is 33.6 Å². The van der Waals surface area contributed by atoms with Gasteiger partial charge in [-0.05, 0) is 59.2 Å². The molecule has 0 radical (unpaired) electrons. The molecule has 2 aromatic heterocycles. The summed E-state index contributed by atoms with van der Waals surface area (Å²) in [7, 11) is 0. The molecule has 0 saturated carbocycles. The van der Waals surface area contributed by atoms with Crippen LogP contribution in [0.2, 0.25) is 0 Å². The third-order valence-electron chi connectivity index (χ3n) is 9.19. The predicted octanol–water partition coefficient (Wildman–Crippen LogP) is 11.1. The van der Waals surface area contributed by atoms with Crippen molar-refractivity contribution in [3.8, 4) is 39.7 Å². The molecule has 9 aromatic rings. The van der Waals surface area contributed by atoms with Crippen LogP contribution in [0, 0.1) is 11.3 Å². The van der Waals surface area contributed by atoms with Gasteiger partial charge in [-0.3, -0.25) is 0 Å². The van der Waals surface area contributed by atoms with Crippen LogP contribution in [0.3, 0.4) is 0 Å². The van der Waals surface area contributed by atoms with Crippen molar-refractivity contribution in [2.45, 2.75) is 0 Å². The highest BCUT2D eigenvalue weighted by Gasteiger charge is 2.19. The summed E-state index contributed by atoms with van der Waals surface area (Å²) in [6.45, 7) is 0. The Kier molecular flexibility index (Phi) is 5.88. The lowest BCUT2D eigenvalue weighted by molar-refractivity contribution is 1.17. The summed E-state index contributed by atoms with van der Waals surface area (Å²) in [5, 5.41) is 14.9. The number of aromatic nitrogens is 2. The Morgan fingerprint density at radius 1 is 0.370 bits per heavy atom. The van der Waals surface area contributed by atoms with Gasteiger partial charge in [-0.15, -0.1) is 0 Å². The van der Waals surface area contributed by atoms with Crippen LogP contribution in [0.4, 0.5) is 0 Å². The largest absolute Gasteiger partial charge is 0.309 e. The molecule has 0 aliphatic heterocycles. The van der Waals surface area contributed by atoms with Crippen LogP contribution in [0.25, 0.3) is 77.2 Å². The van der Waals surface area contributed by atoms with Gasteiger partial charge < -0.3 is 9.13 Å². The Labute approximate surface area is 266 Å². The maximum Gasteiger partial charge on any atom is 0.101 e. The standard InChI is InChI=1S/C43H27N3/c44-28-30-13-1-8-20-38(30)45-40-22-10-7-19-36(40)37-26-25-29(27-43(37)45)31-14-2-3-15-32(31)33-16-4-9-21-39(33)46-41-23-11-5-17-34(41)35-18-6-12-24-42(35)46/h1-27H. The first-order chi connectivity index (χ1) is 22.8. The predicted molar refractivity (Wildman–Crippen MR) is 191 cm³/mol. The second kappa shape index (κ2) is 10.4. The number of fused-ring (bicyclic) bond motifs is 6. The zero-order valence-corrected chi connectivity index (χ0v) is 24.9. The van der Waals surface area contributed by atoms with Gasteiger partial charge in [0.2, 0.25) is 0 Å². The van der Waals surface area contributed by atoms with E-state index in [0.29, 0.717) is 5.56 Å². The lowest BCUT2D eigenvalue weighted by Gasteiger charge is -2.17. The number of nitrogens with zero attached hydrogens (tertiary/aromatic N) is 3. The number of hydrogen-bond acceptors (Lipinski definition) is 1. The van der Waals surface area contributed by atoms with Crippen molar-refractivity contribution in [2.75, 3.05) is 0 Å². The zero-order chi connectivity index (χ0) is 30.6. The van der Waals surface area contributed by atoms with Crippen LogP contribution in [-0.4, -0.2) is 9.13 Å². The monoisotopic (exact) mass is 585 g/mol. The fraction of sp³-hybridized carbons (Fsp3) is 0. The molecular formula is C43H27N3. The van der Waals surface area contributed by atoms with Gasteiger partial charge in [0, 0.05) is 27.1 Å². The van der Waals surface area contributed by atoms with Crippen LogP contribution in [0.1, 0.15) is 5.56 Å². The molecule has 0 bridgehead atoms. The van der Waals surface area contributed by atoms with E-state index in [1.54, 1.807) is 0 Å². The lowest BCUT2D eigenvalue weighted by atomic mass is 9.93. The number of benzene rings is 7. The minimum Gasteiger partial charge on any atom is -0.309 e. The van der Waals surface area contributed by atoms with Crippen molar-refractivity contribution < 1.29 is 0 Å². The average molecular weight is 586 g/mol. The van der Waals surface area contributed by atoms with E-state index in [-0.39, 0.29) is 0 Å². The van der Waals surface area contributed by atoms with Crippen molar-refractivity contribution in [2.24, 2.45) is 0 Å². The summed E-state index contributed by atoms with van der Waals surface area (Å²) in [6, 6.07) is 60.2. The number of hydrogen-bond donors (Lipinski definition) is 0. The van der Waals surface area contributed by atoms with Crippen LogP contribution in [0.5, 0.6) is 0 Å². The van der Waals surface area contributed by atoms with Crippen molar-refractivity contribution in [1.82, 2.24) is 9.13 Å². The van der Waals surface area contributed by atoms with Crippen molar-refractivity contribution in [3.63, 3.8) is 0 Å². The SMILES string of the molecule is N#Cc1ccccc1-n1c2ccccc2c2ccc(-c3ccccc3-c3ccccc3-n3c4ccccc4c4ccccc43)cc21. The minimum absolute atomic E-state index is 0.649. The van der Waals surface area contributed by atoms with E-state index in [4.69, 9.17) is 0 Å². The molecule has 3 nitrogen and oxygen atoms in total. The highest BCUT2D eigenvalue weighted by atomic mass is 15.0. The molecule has 9 rings (SSSR count). The average Bonchev–Trinajstić information content (AvgIpc) is 3.64. The van der Waals surface area contributed by atoms with Crippen molar-refractivity contribution in [1.29, 1.82) is 5.26 Å². The molecule has 2 heterocycles. The van der Waals surface area contributed by atoms with Gasteiger partial charge in [0.25, 0.3) is 0 Å². The molecule has 3 heteroatoms. The van der Waals surface area contributed by atoms with E-state index in [9.17, 15) is 5.26 Å². The molecule has 0 N–H and O–H groups in total. The molecule has 0 aliphatic rings. The molecule has 46 heavy (non-hydrogen) atoms. The molecule has 0 saturated heterocycles. The Bertz CT molecular complexity index is 2610. The molecule has 0 unspecified atom stereocenters. The quantitative estimate of drug-likeness (QED) is 0.202. The van der Waals surface area contributed by atoms with Crippen molar-refractivity contribution in [3.05, 3.63) is 169 Å². The Hall–Kier alpha value is -6.37. The highest BCUT2D eigenvalue weighted by Crippen LogP contribution is 2.41. The second-order valence-electron chi connectivity index (χ2n) is 11.6. The summed E-state index contributed by atoms with van der Waals surface area (Å²) >= 11 is 0. The molecule has 0 spiro atoms. The van der Waals surface area contributed by atoms with Gasteiger partial charge in [-0.1, -0.05) is 121 Å². The number of nitriles is 1. The van der Waals surface area contributed by atoms with E-state index in [2.05, 4.69) is 155 Å². The molecule has 214 valence electrons. The van der Waals surface area contributed by atoms with Crippen LogP contribution in [-0.2, 0) is 0 Å². The first kappa shape index (κ1) is 26.1. The summed E-state index contributed by atoms with van der Waals surface area (Å²) in [5.41, 5.74) is 11.8. The van der Waals surface area contributed by atoms with Gasteiger partial charge in [0.05, 0.1) is 39.0 Å². The van der Waals surface area contributed by atoms with Crippen LogP contribution >= 0.6 is 0 Å². The highest BCUT2D eigenvalue weighted by molar-refractivity contribution is 6.11. The summed E-state index contributed by atoms with van der Waals surface area (Å²) in [6.07, 6.45) is 0. The van der Waals surface area contributed by atoms with Gasteiger partial charge >= 0.3 is 0 Å². The molecular weight excluding hydrogens is 558 g/mol. The van der Waals surface area contributed by atoms with E-state index >= 15 is 0 Å².